The van der Waals surface area contributed by atoms with Crippen LogP contribution in [0.5, 0.6) is 0 Å². The van der Waals surface area contributed by atoms with Crippen LogP contribution in [0.2, 0.25) is 0 Å². The fraction of sp³-hybridized carbons (Fsp3) is 0.500. The Hall–Kier alpha value is -0.460. The van der Waals surface area contributed by atoms with E-state index < -0.39 is 0 Å². The lowest BCUT2D eigenvalue weighted by molar-refractivity contribution is 0.0867. The molecule has 0 saturated carbocycles. The SMILES string of the molecule is CCOCCN(CC)CC(=O)c1ccc(I)cc1. The van der Waals surface area contributed by atoms with Gasteiger partial charge in [0.25, 0.3) is 0 Å². The third-order valence-corrected chi connectivity index (χ3v) is 3.46. The van der Waals surface area contributed by atoms with Gasteiger partial charge in [0.15, 0.2) is 5.78 Å². The van der Waals surface area contributed by atoms with Gasteiger partial charge in [-0.3, -0.25) is 9.69 Å². The van der Waals surface area contributed by atoms with Crippen LogP contribution >= 0.6 is 22.6 Å². The zero-order chi connectivity index (χ0) is 13.4. The summed E-state index contributed by atoms with van der Waals surface area (Å²) in [7, 11) is 0. The van der Waals surface area contributed by atoms with Gasteiger partial charge in [-0.2, -0.15) is 0 Å². The molecule has 0 aliphatic heterocycles. The first-order chi connectivity index (χ1) is 8.67. The number of hydrogen-bond acceptors (Lipinski definition) is 3. The third kappa shape index (κ3) is 5.46. The fourth-order valence-electron chi connectivity index (χ4n) is 1.62. The smallest absolute Gasteiger partial charge is 0.176 e. The highest BCUT2D eigenvalue weighted by molar-refractivity contribution is 14.1. The van der Waals surface area contributed by atoms with Crippen molar-refractivity contribution in [2.24, 2.45) is 0 Å². The Labute approximate surface area is 123 Å². The second-order valence-electron chi connectivity index (χ2n) is 4.00. The number of ketones is 1. The molecule has 0 radical (unpaired) electrons. The van der Waals surface area contributed by atoms with Gasteiger partial charge < -0.3 is 4.74 Å². The second kappa shape index (κ2) is 8.61. The number of hydrogen-bond donors (Lipinski definition) is 0. The summed E-state index contributed by atoms with van der Waals surface area (Å²) in [5, 5.41) is 0. The Morgan fingerprint density at radius 3 is 2.50 bits per heavy atom. The van der Waals surface area contributed by atoms with Crippen molar-refractivity contribution in [3.05, 3.63) is 33.4 Å². The Morgan fingerprint density at radius 2 is 1.94 bits per heavy atom. The molecule has 1 aromatic carbocycles. The predicted octanol–water partition coefficient (Wildman–Crippen LogP) is 2.83. The van der Waals surface area contributed by atoms with Crippen LogP contribution in [0, 0.1) is 3.57 Å². The maximum Gasteiger partial charge on any atom is 0.176 e. The van der Waals surface area contributed by atoms with Crippen LogP contribution in [0.4, 0.5) is 0 Å². The molecule has 0 atom stereocenters. The summed E-state index contributed by atoms with van der Waals surface area (Å²) < 4.78 is 6.46. The van der Waals surface area contributed by atoms with Crippen LogP contribution in [0.15, 0.2) is 24.3 Å². The van der Waals surface area contributed by atoms with E-state index in [-0.39, 0.29) is 5.78 Å². The molecule has 0 aromatic heterocycles. The standard InChI is InChI=1S/C14H20INO2/c1-3-16(9-10-18-4-2)11-14(17)12-5-7-13(15)8-6-12/h5-8H,3-4,9-11H2,1-2H3. The van der Waals surface area contributed by atoms with Crippen molar-refractivity contribution in [2.45, 2.75) is 13.8 Å². The first-order valence-corrected chi connectivity index (χ1v) is 7.34. The molecule has 0 aliphatic carbocycles. The molecule has 18 heavy (non-hydrogen) atoms. The highest BCUT2D eigenvalue weighted by atomic mass is 127. The molecule has 1 rings (SSSR count). The molecule has 0 saturated heterocycles. The van der Waals surface area contributed by atoms with Gasteiger partial charge in [-0.25, -0.2) is 0 Å². The number of rotatable bonds is 8. The highest BCUT2D eigenvalue weighted by Gasteiger charge is 2.10. The van der Waals surface area contributed by atoms with Crippen LogP contribution in [0.1, 0.15) is 24.2 Å². The summed E-state index contributed by atoms with van der Waals surface area (Å²) in [5.74, 6) is 0.171. The highest BCUT2D eigenvalue weighted by Crippen LogP contribution is 2.08. The average molecular weight is 361 g/mol. The van der Waals surface area contributed by atoms with Crippen LogP contribution in [-0.4, -0.2) is 43.5 Å². The normalized spacial score (nSPS) is 10.9. The van der Waals surface area contributed by atoms with E-state index in [2.05, 4.69) is 34.4 Å². The zero-order valence-corrected chi connectivity index (χ0v) is 13.1. The van der Waals surface area contributed by atoms with Gasteiger partial charge in [0.05, 0.1) is 13.2 Å². The van der Waals surface area contributed by atoms with Crippen molar-refractivity contribution in [2.75, 3.05) is 32.8 Å². The predicted molar refractivity (Wildman–Crippen MR) is 82.1 cm³/mol. The van der Waals surface area contributed by atoms with Crippen LogP contribution in [0.25, 0.3) is 0 Å². The molecule has 100 valence electrons. The average Bonchev–Trinajstić information content (AvgIpc) is 2.38. The number of carbonyl (C=O) groups is 1. The van der Waals surface area contributed by atoms with Gasteiger partial charge >= 0.3 is 0 Å². The van der Waals surface area contributed by atoms with Gasteiger partial charge in [-0.05, 0) is 48.2 Å². The minimum Gasteiger partial charge on any atom is -0.380 e. The fourth-order valence-corrected chi connectivity index (χ4v) is 1.98. The minimum atomic E-state index is 0.171. The lowest BCUT2D eigenvalue weighted by Gasteiger charge is -2.19. The number of halogens is 1. The second-order valence-corrected chi connectivity index (χ2v) is 5.24. The Morgan fingerprint density at radius 1 is 1.28 bits per heavy atom. The summed E-state index contributed by atoms with van der Waals surface area (Å²) in [6.07, 6.45) is 0. The number of benzene rings is 1. The lowest BCUT2D eigenvalue weighted by atomic mass is 10.1. The topological polar surface area (TPSA) is 29.5 Å². The summed E-state index contributed by atoms with van der Waals surface area (Å²) >= 11 is 2.24. The van der Waals surface area contributed by atoms with E-state index >= 15 is 0 Å². The van der Waals surface area contributed by atoms with Gasteiger partial charge in [0, 0.05) is 22.3 Å². The zero-order valence-electron chi connectivity index (χ0n) is 11.0. The number of likely N-dealkylation sites (N-methyl/N-ethyl adjacent to an activating group) is 1. The maximum absolute atomic E-state index is 12.1. The Balaban J connectivity index is 2.48. The molecule has 0 heterocycles. The quantitative estimate of drug-likeness (QED) is 0.405. The van der Waals surface area contributed by atoms with Gasteiger partial charge in [0.2, 0.25) is 0 Å². The summed E-state index contributed by atoms with van der Waals surface area (Å²) in [4.78, 5) is 14.2. The first kappa shape index (κ1) is 15.6. The molecular formula is C14H20INO2. The molecule has 1 aromatic rings. The Kier molecular flexibility index (Phi) is 7.46. The Bertz CT molecular complexity index is 365. The number of ether oxygens (including phenoxy) is 1. The monoisotopic (exact) mass is 361 g/mol. The maximum atomic E-state index is 12.1. The van der Waals surface area contributed by atoms with Crippen LogP contribution in [-0.2, 0) is 4.74 Å². The first-order valence-electron chi connectivity index (χ1n) is 6.26. The van der Waals surface area contributed by atoms with E-state index in [0.29, 0.717) is 13.2 Å². The summed E-state index contributed by atoms with van der Waals surface area (Å²) in [6, 6.07) is 7.70. The molecule has 0 unspecified atom stereocenters. The lowest BCUT2D eigenvalue weighted by Crippen LogP contribution is -2.32. The van der Waals surface area contributed by atoms with E-state index in [1.165, 1.54) is 0 Å². The summed E-state index contributed by atoms with van der Waals surface area (Å²) in [5.41, 5.74) is 0.783. The molecule has 3 nitrogen and oxygen atoms in total. The largest absolute Gasteiger partial charge is 0.380 e. The summed E-state index contributed by atoms with van der Waals surface area (Å²) in [6.45, 7) is 7.58. The van der Waals surface area contributed by atoms with E-state index in [1.807, 2.05) is 31.2 Å². The molecule has 0 fully saturated rings. The number of carbonyl (C=O) groups excluding carboxylic acids is 1. The molecular weight excluding hydrogens is 341 g/mol. The van der Waals surface area contributed by atoms with E-state index in [9.17, 15) is 4.79 Å². The molecule has 4 heteroatoms. The van der Waals surface area contributed by atoms with Crippen molar-refractivity contribution < 1.29 is 9.53 Å². The van der Waals surface area contributed by atoms with Gasteiger partial charge in [-0.15, -0.1) is 0 Å². The third-order valence-electron chi connectivity index (χ3n) is 2.74. The van der Waals surface area contributed by atoms with Crippen LogP contribution in [0.3, 0.4) is 0 Å². The van der Waals surface area contributed by atoms with Gasteiger partial charge in [0.1, 0.15) is 0 Å². The van der Waals surface area contributed by atoms with Crippen molar-refractivity contribution in [3.8, 4) is 0 Å². The number of Topliss-reactive ketones (excluding diaryl/α,β-unsaturated/α-hetero) is 1. The van der Waals surface area contributed by atoms with Crippen LogP contribution < -0.4 is 0 Å². The molecule has 0 amide bonds. The molecule has 0 aliphatic rings. The van der Waals surface area contributed by atoms with Crippen molar-refractivity contribution >= 4 is 28.4 Å². The number of nitrogens with zero attached hydrogens (tertiary/aromatic N) is 1. The van der Waals surface area contributed by atoms with Crippen molar-refractivity contribution in [3.63, 3.8) is 0 Å². The van der Waals surface area contributed by atoms with Crippen molar-refractivity contribution in [1.29, 1.82) is 0 Å². The van der Waals surface area contributed by atoms with E-state index in [4.69, 9.17) is 4.74 Å². The molecule has 0 N–H and O–H groups in total. The minimum absolute atomic E-state index is 0.171. The van der Waals surface area contributed by atoms with Crippen molar-refractivity contribution in [1.82, 2.24) is 4.90 Å². The van der Waals surface area contributed by atoms with E-state index in [0.717, 1.165) is 28.8 Å². The van der Waals surface area contributed by atoms with Gasteiger partial charge in [-0.1, -0.05) is 19.1 Å². The molecule has 0 spiro atoms. The van der Waals surface area contributed by atoms with E-state index in [1.54, 1.807) is 0 Å². The molecule has 0 bridgehead atoms.